The molecule has 178 valence electrons. The smallest absolute Gasteiger partial charge is 0.335 e. The third-order valence-corrected chi connectivity index (χ3v) is 6.65. The van der Waals surface area contributed by atoms with Crippen molar-refractivity contribution in [2.45, 2.75) is 20.3 Å². The largest absolute Gasteiger partial charge is 0.496 e. The van der Waals surface area contributed by atoms with Gasteiger partial charge in [0.05, 0.1) is 12.8 Å². The monoisotopic (exact) mass is 584 g/mol. The van der Waals surface area contributed by atoms with E-state index in [1.807, 2.05) is 31.2 Å². The van der Waals surface area contributed by atoms with Crippen LogP contribution in [0.1, 0.15) is 27.8 Å². The van der Waals surface area contributed by atoms with Gasteiger partial charge in [0.25, 0.3) is 11.8 Å². The van der Waals surface area contributed by atoms with Crippen LogP contribution in [0.25, 0.3) is 6.08 Å². The van der Waals surface area contributed by atoms with Crippen molar-refractivity contribution < 1.29 is 23.5 Å². The number of amides is 4. The molecule has 4 rings (SSSR count). The van der Waals surface area contributed by atoms with E-state index in [0.717, 1.165) is 30.7 Å². The average molecular weight is 584 g/mol. The first kappa shape index (κ1) is 24.6. The second kappa shape index (κ2) is 9.99. The van der Waals surface area contributed by atoms with Gasteiger partial charge in [-0.1, -0.05) is 24.3 Å². The lowest BCUT2D eigenvalue weighted by Crippen LogP contribution is -2.54. The van der Waals surface area contributed by atoms with Crippen LogP contribution < -0.4 is 15.0 Å². The van der Waals surface area contributed by atoms with E-state index in [9.17, 15) is 18.8 Å². The van der Waals surface area contributed by atoms with Crippen molar-refractivity contribution in [1.82, 2.24) is 5.32 Å². The first-order valence-corrected chi connectivity index (χ1v) is 11.9. The van der Waals surface area contributed by atoms with Crippen molar-refractivity contribution in [1.29, 1.82) is 0 Å². The molecule has 8 heteroatoms. The topological polar surface area (TPSA) is 75.7 Å². The fourth-order valence-electron chi connectivity index (χ4n) is 3.92. The molecule has 0 aliphatic carbocycles. The minimum atomic E-state index is -0.788. The number of benzene rings is 3. The molecular weight excluding hydrogens is 562 g/mol. The number of methoxy groups -OCH3 is 1. The molecule has 3 aromatic rings. The highest BCUT2D eigenvalue weighted by molar-refractivity contribution is 14.1. The number of anilines is 1. The third kappa shape index (κ3) is 5.12. The molecule has 1 N–H and O–H groups in total. The maximum absolute atomic E-state index is 13.6. The lowest BCUT2D eigenvalue weighted by molar-refractivity contribution is -0.122. The number of hydrogen-bond donors (Lipinski definition) is 1. The molecule has 3 aromatic carbocycles. The van der Waals surface area contributed by atoms with Gasteiger partial charge in [-0.3, -0.25) is 14.9 Å². The Labute approximate surface area is 215 Å². The zero-order chi connectivity index (χ0) is 25.3. The van der Waals surface area contributed by atoms with E-state index in [1.54, 1.807) is 25.1 Å². The minimum absolute atomic E-state index is 0.166. The van der Waals surface area contributed by atoms with Crippen molar-refractivity contribution in [3.8, 4) is 5.75 Å². The standard InChI is InChI=1S/C27H22FIN2O4/c1-15-7-8-16(2)23(9-15)31-26(33)21(25(32)30-27(31)34)12-18-13-22(29)20(24(14-18)35-3)11-17-5-4-6-19(28)10-17/h4-10,12-14H,11H2,1-3H3,(H,30,32,34)/b21-12+. The Kier molecular flexibility index (Phi) is 7.02. The van der Waals surface area contributed by atoms with Gasteiger partial charge in [0, 0.05) is 15.6 Å². The first-order valence-electron chi connectivity index (χ1n) is 10.8. The van der Waals surface area contributed by atoms with Crippen LogP contribution in [0, 0.1) is 23.2 Å². The van der Waals surface area contributed by atoms with E-state index < -0.39 is 17.8 Å². The molecule has 1 saturated heterocycles. The van der Waals surface area contributed by atoms with Crippen molar-refractivity contribution in [2.24, 2.45) is 0 Å². The zero-order valence-corrected chi connectivity index (χ0v) is 21.5. The highest BCUT2D eigenvalue weighted by atomic mass is 127. The number of barbiturate groups is 1. The highest BCUT2D eigenvalue weighted by Crippen LogP contribution is 2.31. The van der Waals surface area contributed by atoms with Crippen molar-refractivity contribution in [2.75, 3.05) is 12.0 Å². The molecule has 0 saturated carbocycles. The number of imide groups is 2. The summed E-state index contributed by atoms with van der Waals surface area (Å²) in [7, 11) is 1.52. The Balaban J connectivity index is 1.72. The van der Waals surface area contributed by atoms with Crippen LogP contribution >= 0.6 is 22.6 Å². The first-order chi connectivity index (χ1) is 16.7. The van der Waals surface area contributed by atoms with Crippen LogP contribution in [0.2, 0.25) is 0 Å². The van der Waals surface area contributed by atoms with Crippen LogP contribution in [0.3, 0.4) is 0 Å². The van der Waals surface area contributed by atoms with Gasteiger partial charge in [-0.15, -0.1) is 0 Å². The lowest BCUT2D eigenvalue weighted by Gasteiger charge is -2.28. The minimum Gasteiger partial charge on any atom is -0.496 e. The lowest BCUT2D eigenvalue weighted by atomic mass is 10.00. The van der Waals surface area contributed by atoms with Crippen molar-refractivity contribution in [3.63, 3.8) is 0 Å². The second-order valence-corrected chi connectivity index (χ2v) is 9.40. The molecule has 1 heterocycles. The number of carbonyl (C=O) groups is 3. The van der Waals surface area contributed by atoms with E-state index >= 15 is 0 Å². The fourth-order valence-corrected chi connectivity index (χ4v) is 4.74. The number of halogens is 2. The molecule has 6 nitrogen and oxygen atoms in total. The zero-order valence-electron chi connectivity index (χ0n) is 19.3. The van der Waals surface area contributed by atoms with E-state index in [1.165, 1.54) is 25.3 Å². The maximum Gasteiger partial charge on any atom is 0.335 e. The number of carbonyl (C=O) groups excluding carboxylic acids is 3. The Hall–Kier alpha value is -3.53. The van der Waals surface area contributed by atoms with Crippen LogP contribution in [-0.4, -0.2) is 25.0 Å². The van der Waals surface area contributed by atoms with Crippen LogP contribution in [0.4, 0.5) is 14.9 Å². The molecule has 1 aliphatic rings. The van der Waals surface area contributed by atoms with Crippen LogP contribution in [0.15, 0.2) is 60.2 Å². The number of urea groups is 1. The number of rotatable bonds is 5. The summed E-state index contributed by atoms with van der Waals surface area (Å²) in [5.74, 6) is -1.24. The van der Waals surface area contributed by atoms with Gasteiger partial charge in [0.2, 0.25) is 0 Å². The normalized spacial score (nSPS) is 14.9. The molecule has 0 unspecified atom stereocenters. The van der Waals surface area contributed by atoms with Gasteiger partial charge in [0.1, 0.15) is 17.1 Å². The molecule has 1 aliphatic heterocycles. The van der Waals surface area contributed by atoms with Crippen molar-refractivity contribution in [3.05, 3.63) is 97.4 Å². The predicted octanol–water partition coefficient (Wildman–Crippen LogP) is 5.31. The molecular formula is C27H22FIN2O4. The highest BCUT2D eigenvalue weighted by Gasteiger charge is 2.37. The summed E-state index contributed by atoms with van der Waals surface area (Å²) in [5, 5.41) is 2.26. The van der Waals surface area contributed by atoms with E-state index in [-0.39, 0.29) is 11.4 Å². The van der Waals surface area contributed by atoms with Gasteiger partial charge in [-0.2, -0.15) is 0 Å². The summed E-state index contributed by atoms with van der Waals surface area (Å²) < 4.78 is 20.0. The maximum atomic E-state index is 13.6. The average Bonchev–Trinajstić information content (AvgIpc) is 2.80. The van der Waals surface area contributed by atoms with Gasteiger partial charge < -0.3 is 4.74 Å². The number of hydrogen-bond acceptors (Lipinski definition) is 4. The second-order valence-electron chi connectivity index (χ2n) is 8.24. The molecule has 0 aromatic heterocycles. The summed E-state index contributed by atoms with van der Waals surface area (Å²) in [6.07, 6.45) is 1.89. The summed E-state index contributed by atoms with van der Waals surface area (Å²) in [5.41, 5.74) is 4.06. The Bertz CT molecular complexity index is 1400. The number of nitrogens with zero attached hydrogens (tertiary/aromatic N) is 1. The number of aryl methyl sites for hydroxylation is 2. The SMILES string of the molecule is COc1cc(/C=C2\C(=O)NC(=O)N(c3cc(C)ccc3C)C2=O)cc(I)c1Cc1cccc(F)c1. The molecule has 0 spiro atoms. The number of ether oxygens (including phenoxy) is 1. The van der Waals surface area contributed by atoms with E-state index in [2.05, 4.69) is 27.9 Å². The summed E-state index contributed by atoms with van der Waals surface area (Å²) in [6.45, 7) is 3.65. The van der Waals surface area contributed by atoms with E-state index in [0.29, 0.717) is 23.4 Å². The Morgan fingerprint density at radius 1 is 1.06 bits per heavy atom. The summed E-state index contributed by atoms with van der Waals surface area (Å²) in [4.78, 5) is 39.5. The van der Waals surface area contributed by atoms with Crippen LogP contribution in [0.5, 0.6) is 5.75 Å². The Morgan fingerprint density at radius 2 is 1.83 bits per heavy atom. The number of nitrogens with one attached hydrogen (secondary N) is 1. The Morgan fingerprint density at radius 3 is 2.54 bits per heavy atom. The molecule has 4 amide bonds. The fraction of sp³-hybridized carbons (Fsp3) is 0.148. The quantitative estimate of drug-likeness (QED) is 0.251. The predicted molar refractivity (Wildman–Crippen MR) is 140 cm³/mol. The molecule has 0 radical (unpaired) electrons. The molecule has 0 atom stereocenters. The third-order valence-electron chi connectivity index (χ3n) is 5.68. The van der Waals surface area contributed by atoms with Gasteiger partial charge >= 0.3 is 6.03 Å². The van der Waals surface area contributed by atoms with Gasteiger partial charge in [-0.25, -0.2) is 14.1 Å². The molecule has 0 bridgehead atoms. The van der Waals surface area contributed by atoms with Crippen LogP contribution in [-0.2, 0) is 16.0 Å². The molecule has 35 heavy (non-hydrogen) atoms. The van der Waals surface area contributed by atoms with Gasteiger partial charge in [-0.05, 0) is 95.1 Å². The van der Waals surface area contributed by atoms with Gasteiger partial charge in [0.15, 0.2) is 0 Å². The van der Waals surface area contributed by atoms with E-state index in [4.69, 9.17) is 4.74 Å². The van der Waals surface area contributed by atoms with Crippen molar-refractivity contribution >= 4 is 52.2 Å². The summed E-state index contributed by atoms with van der Waals surface area (Å²) >= 11 is 2.15. The molecule has 1 fully saturated rings. The summed E-state index contributed by atoms with van der Waals surface area (Å²) in [6, 6.07) is 14.5.